The molecule has 0 saturated carbocycles. The molecule has 4 rings (SSSR count). The molecule has 1 aliphatic rings. The molecule has 8 heteroatoms. The molecule has 6 nitrogen and oxygen atoms in total. The van der Waals surface area contributed by atoms with Crippen molar-refractivity contribution in [1.82, 2.24) is 20.2 Å². The molecule has 2 N–H and O–H groups in total. The molecule has 1 aromatic carbocycles. The summed E-state index contributed by atoms with van der Waals surface area (Å²) in [6.07, 6.45) is 11.1. The minimum atomic E-state index is -0.00894. The van der Waals surface area contributed by atoms with Gasteiger partial charge in [-0.15, -0.1) is 11.8 Å². The van der Waals surface area contributed by atoms with Crippen LogP contribution in [0.15, 0.2) is 45.3 Å². The fourth-order valence-corrected chi connectivity index (χ4v) is 6.83. The van der Waals surface area contributed by atoms with E-state index in [-0.39, 0.29) is 5.41 Å². The van der Waals surface area contributed by atoms with Crippen molar-refractivity contribution in [2.24, 2.45) is 5.92 Å². The number of piperidine rings is 1. The molecule has 1 aliphatic heterocycles. The molecular formula is C31H47N5OS2. The quantitative estimate of drug-likeness (QED) is 0.194. The zero-order valence-electron chi connectivity index (χ0n) is 24.5. The zero-order chi connectivity index (χ0) is 27.7. The number of aryl methyl sites for hydroxylation is 1. The molecule has 1 fully saturated rings. The Hall–Kier alpha value is -1.87. The standard InChI is InChI=1S/C31H47N5OS2/c1-6-8-26(32-5)25-12-10-23(11-13-25)9-7-16-36-17-14-24(15-18-36)19-34-30-35-21-29(39-30)38-22-28-33-20-27(37-28)31(2,3)4/h10-13,20-21,24,26,32H,6-9,14-19,22H2,1-5H3,(H,34,35). The minimum Gasteiger partial charge on any atom is -0.444 e. The maximum Gasteiger partial charge on any atom is 0.204 e. The van der Waals surface area contributed by atoms with Crippen LogP contribution in [0.1, 0.15) is 88.6 Å². The van der Waals surface area contributed by atoms with Gasteiger partial charge in [-0.3, -0.25) is 0 Å². The molecule has 3 heterocycles. The maximum atomic E-state index is 5.91. The second-order valence-electron chi connectivity index (χ2n) is 11.8. The topological polar surface area (TPSA) is 66.2 Å². The lowest BCUT2D eigenvalue weighted by atomic mass is 9.94. The van der Waals surface area contributed by atoms with Crippen molar-refractivity contribution in [1.29, 1.82) is 0 Å². The van der Waals surface area contributed by atoms with Crippen molar-refractivity contribution in [3.8, 4) is 0 Å². The highest BCUT2D eigenvalue weighted by Gasteiger charge is 2.20. The Bertz CT molecular complexity index is 1110. The maximum absolute atomic E-state index is 5.91. The van der Waals surface area contributed by atoms with Crippen LogP contribution in [-0.4, -0.2) is 48.1 Å². The molecule has 1 unspecified atom stereocenters. The summed E-state index contributed by atoms with van der Waals surface area (Å²) in [6, 6.07) is 9.75. The predicted molar refractivity (Wildman–Crippen MR) is 166 cm³/mol. The van der Waals surface area contributed by atoms with Crippen LogP contribution >= 0.6 is 23.1 Å². The average Bonchev–Trinajstić information content (AvgIpc) is 3.60. The molecule has 1 atom stereocenters. The van der Waals surface area contributed by atoms with Crippen LogP contribution in [0.5, 0.6) is 0 Å². The van der Waals surface area contributed by atoms with Gasteiger partial charge in [0.05, 0.1) is 22.4 Å². The van der Waals surface area contributed by atoms with Gasteiger partial charge in [0.2, 0.25) is 5.89 Å². The lowest BCUT2D eigenvalue weighted by molar-refractivity contribution is 0.188. The van der Waals surface area contributed by atoms with E-state index in [1.165, 1.54) is 67.1 Å². The van der Waals surface area contributed by atoms with Gasteiger partial charge in [-0.25, -0.2) is 9.97 Å². The van der Waals surface area contributed by atoms with Gasteiger partial charge in [-0.05, 0) is 75.8 Å². The highest BCUT2D eigenvalue weighted by atomic mass is 32.2. The number of thioether (sulfide) groups is 1. The van der Waals surface area contributed by atoms with Gasteiger partial charge in [0, 0.05) is 18.0 Å². The largest absolute Gasteiger partial charge is 0.444 e. The third kappa shape index (κ3) is 9.34. The van der Waals surface area contributed by atoms with Gasteiger partial charge >= 0.3 is 0 Å². The summed E-state index contributed by atoms with van der Waals surface area (Å²) in [5, 5.41) is 8.05. The molecule has 39 heavy (non-hydrogen) atoms. The van der Waals surface area contributed by atoms with E-state index in [1.54, 1.807) is 23.1 Å². The first-order valence-electron chi connectivity index (χ1n) is 14.6. The highest BCUT2D eigenvalue weighted by Crippen LogP contribution is 2.32. The number of anilines is 1. The first kappa shape index (κ1) is 30.1. The van der Waals surface area contributed by atoms with E-state index >= 15 is 0 Å². The number of aromatic nitrogens is 2. The molecule has 3 aromatic rings. The van der Waals surface area contributed by atoms with E-state index in [0.29, 0.717) is 6.04 Å². The number of benzene rings is 1. The zero-order valence-corrected chi connectivity index (χ0v) is 26.1. The summed E-state index contributed by atoms with van der Waals surface area (Å²) in [6.45, 7) is 13.3. The molecule has 1 saturated heterocycles. The number of nitrogens with zero attached hydrogens (tertiary/aromatic N) is 3. The summed E-state index contributed by atoms with van der Waals surface area (Å²) in [5.41, 5.74) is 2.86. The van der Waals surface area contributed by atoms with Crippen LogP contribution in [0.2, 0.25) is 0 Å². The van der Waals surface area contributed by atoms with Crippen LogP contribution in [0.4, 0.5) is 5.13 Å². The molecule has 0 radical (unpaired) electrons. The van der Waals surface area contributed by atoms with Gasteiger partial charge in [-0.2, -0.15) is 0 Å². The molecule has 214 valence electrons. The van der Waals surface area contributed by atoms with Gasteiger partial charge in [0.25, 0.3) is 0 Å². The number of likely N-dealkylation sites (tertiary alicyclic amines) is 1. The summed E-state index contributed by atoms with van der Waals surface area (Å²) in [4.78, 5) is 11.7. The second-order valence-corrected chi connectivity index (χ2v) is 14.1. The first-order chi connectivity index (χ1) is 18.8. The van der Waals surface area contributed by atoms with Crippen molar-refractivity contribution < 1.29 is 4.42 Å². The van der Waals surface area contributed by atoms with Crippen LogP contribution < -0.4 is 10.6 Å². The Balaban J connectivity index is 1.10. The van der Waals surface area contributed by atoms with Crippen molar-refractivity contribution in [2.45, 2.75) is 87.6 Å². The summed E-state index contributed by atoms with van der Waals surface area (Å²) in [7, 11) is 2.06. The fourth-order valence-electron chi connectivity index (χ4n) is 5.10. The lowest BCUT2D eigenvalue weighted by Gasteiger charge is -2.32. The molecule has 0 amide bonds. The molecule has 0 aliphatic carbocycles. The lowest BCUT2D eigenvalue weighted by Crippen LogP contribution is -2.36. The van der Waals surface area contributed by atoms with Gasteiger partial charge in [0.15, 0.2) is 5.13 Å². The molecule has 2 aromatic heterocycles. The number of hydrogen-bond acceptors (Lipinski definition) is 8. The predicted octanol–water partition coefficient (Wildman–Crippen LogP) is 7.54. The van der Waals surface area contributed by atoms with E-state index in [0.717, 1.165) is 41.4 Å². The number of hydrogen-bond donors (Lipinski definition) is 2. The molecule has 0 bridgehead atoms. The monoisotopic (exact) mass is 569 g/mol. The summed E-state index contributed by atoms with van der Waals surface area (Å²) < 4.78 is 7.11. The second kappa shape index (κ2) is 14.7. The molecule has 0 spiro atoms. The van der Waals surface area contributed by atoms with Crippen molar-refractivity contribution >= 4 is 28.2 Å². The Morgan fingerprint density at radius 1 is 1.13 bits per heavy atom. The van der Waals surface area contributed by atoms with Gasteiger partial charge < -0.3 is 20.0 Å². The Morgan fingerprint density at radius 3 is 2.56 bits per heavy atom. The van der Waals surface area contributed by atoms with Crippen LogP contribution in [-0.2, 0) is 17.6 Å². The van der Waals surface area contributed by atoms with Gasteiger partial charge in [-0.1, -0.05) is 69.7 Å². The Labute approximate surface area is 243 Å². The highest BCUT2D eigenvalue weighted by molar-refractivity contribution is 8.00. The number of oxazole rings is 1. The third-order valence-corrected chi connectivity index (χ3v) is 9.75. The number of rotatable bonds is 14. The van der Waals surface area contributed by atoms with Crippen molar-refractivity contribution in [2.75, 3.05) is 38.5 Å². The van der Waals surface area contributed by atoms with E-state index in [2.05, 4.69) is 84.5 Å². The summed E-state index contributed by atoms with van der Waals surface area (Å²) in [5.74, 6) is 3.17. The van der Waals surface area contributed by atoms with Crippen LogP contribution in [0.3, 0.4) is 0 Å². The Kier molecular flexibility index (Phi) is 11.3. The summed E-state index contributed by atoms with van der Waals surface area (Å²) >= 11 is 3.47. The van der Waals surface area contributed by atoms with E-state index in [9.17, 15) is 0 Å². The number of thiazole rings is 1. The normalized spacial score (nSPS) is 16.0. The average molecular weight is 570 g/mol. The van der Waals surface area contributed by atoms with E-state index in [4.69, 9.17) is 4.42 Å². The Morgan fingerprint density at radius 2 is 1.90 bits per heavy atom. The van der Waals surface area contributed by atoms with Crippen molar-refractivity contribution in [3.63, 3.8) is 0 Å². The van der Waals surface area contributed by atoms with E-state index in [1.807, 2.05) is 12.4 Å². The molecular weight excluding hydrogens is 523 g/mol. The third-order valence-electron chi connectivity index (χ3n) is 7.61. The fraction of sp³-hybridized carbons (Fsp3) is 0.613. The number of nitrogens with one attached hydrogen (secondary N) is 2. The first-order valence-corrected chi connectivity index (χ1v) is 16.4. The van der Waals surface area contributed by atoms with E-state index < -0.39 is 0 Å². The SMILES string of the molecule is CCCC(NC)c1ccc(CCCN2CCC(CNc3ncc(SCc4ncc(C(C)(C)C)o4)s3)CC2)cc1. The van der Waals surface area contributed by atoms with Crippen molar-refractivity contribution in [3.05, 3.63) is 59.4 Å². The van der Waals surface area contributed by atoms with Gasteiger partial charge in [0.1, 0.15) is 5.76 Å². The van der Waals surface area contributed by atoms with Crippen LogP contribution in [0, 0.1) is 5.92 Å². The minimum absolute atomic E-state index is 0.00894. The smallest absolute Gasteiger partial charge is 0.204 e. The van der Waals surface area contributed by atoms with Crippen LogP contribution in [0.25, 0.3) is 0 Å².